The van der Waals surface area contributed by atoms with Gasteiger partial charge in [-0.25, -0.2) is 0 Å². The molecule has 0 fully saturated rings. The number of amides is 2. The second kappa shape index (κ2) is 7.74. The van der Waals surface area contributed by atoms with Gasteiger partial charge >= 0.3 is 6.01 Å². The molecular weight excluding hydrogens is 302 g/mol. The van der Waals surface area contributed by atoms with E-state index < -0.39 is 0 Å². The van der Waals surface area contributed by atoms with E-state index in [2.05, 4.69) is 10.3 Å². The van der Waals surface area contributed by atoms with E-state index in [4.69, 9.17) is 4.42 Å². The zero-order valence-electron chi connectivity index (χ0n) is 12.7. The molecule has 0 aliphatic rings. The molecule has 0 atom stereocenters. The van der Waals surface area contributed by atoms with Gasteiger partial charge in [-0.1, -0.05) is 19.9 Å². The first-order valence-corrected chi connectivity index (χ1v) is 8.13. The van der Waals surface area contributed by atoms with Crippen LogP contribution in [0.2, 0.25) is 0 Å². The maximum absolute atomic E-state index is 12.3. The predicted molar refractivity (Wildman–Crippen MR) is 85.3 cm³/mol. The highest BCUT2D eigenvalue weighted by molar-refractivity contribution is 7.12. The third-order valence-electron chi connectivity index (χ3n) is 2.96. The SMILES string of the molecule is CCCN(CCC)C(=O)c1coc(NC(=O)c2cccs2)n1. The van der Waals surface area contributed by atoms with Crippen LogP contribution in [0.1, 0.15) is 46.8 Å². The smallest absolute Gasteiger partial charge is 0.302 e. The first-order valence-electron chi connectivity index (χ1n) is 7.25. The molecule has 0 aromatic carbocycles. The highest BCUT2D eigenvalue weighted by Crippen LogP contribution is 2.14. The molecule has 2 rings (SSSR count). The summed E-state index contributed by atoms with van der Waals surface area (Å²) in [6.07, 6.45) is 3.04. The van der Waals surface area contributed by atoms with Crippen molar-refractivity contribution >= 4 is 29.2 Å². The Morgan fingerprint density at radius 3 is 2.64 bits per heavy atom. The lowest BCUT2D eigenvalue weighted by Gasteiger charge is -2.19. The minimum Gasteiger partial charge on any atom is -0.431 e. The fourth-order valence-corrected chi connectivity index (χ4v) is 2.63. The minimum atomic E-state index is -0.296. The molecule has 0 saturated heterocycles. The second-order valence-corrected chi connectivity index (χ2v) is 5.71. The van der Waals surface area contributed by atoms with Crippen LogP contribution in [0.5, 0.6) is 0 Å². The predicted octanol–water partition coefficient (Wildman–Crippen LogP) is 3.25. The Hall–Kier alpha value is -2.15. The molecule has 7 heteroatoms. The van der Waals surface area contributed by atoms with Crippen LogP contribution in [0.25, 0.3) is 0 Å². The lowest BCUT2D eigenvalue weighted by molar-refractivity contribution is 0.0749. The number of anilines is 1. The highest BCUT2D eigenvalue weighted by atomic mass is 32.1. The zero-order valence-corrected chi connectivity index (χ0v) is 13.5. The maximum Gasteiger partial charge on any atom is 0.302 e. The van der Waals surface area contributed by atoms with Crippen molar-refractivity contribution < 1.29 is 14.0 Å². The molecule has 0 aliphatic heterocycles. The number of hydrogen-bond acceptors (Lipinski definition) is 5. The van der Waals surface area contributed by atoms with Crippen LogP contribution in [-0.2, 0) is 0 Å². The fourth-order valence-electron chi connectivity index (χ4n) is 2.01. The van der Waals surface area contributed by atoms with Gasteiger partial charge in [-0.05, 0) is 24.3 Å². The first-order chi connectivity index (χ1) is 10.7. The van der Waals surface area contributed by atoms with Crippen molar-refractivity contribution in [3.8, 4) is 0 Å². The Balaban J connectivity index is 2.03. The van der Waals surface area contributed by atoms with E-state index >= 15 is 0 Å². The molecule has 0 aliphatic carbocycles. The Labute approximate surface area is 133 Å². The summed E-state index contributed by atoms with van der Waals surface area (Å²) in [5, 5.41) is 4.36. The van der Waals surface area contributed by atoms with E-state index in [1.54, 1.807) is 17.0 Å². The van der Waals surface area contributed by atoms with Crippen molar-refractivity contribution in [1.29, 1.82) is 0 Å². The van der Waals surface area contributed by atoms with Gasteiger partial charge in [-0.2, -0.15) is 4.98 Å². The molecule has 0 saturated carbocycles. The molecule has 2 aromatic heterocycles. The van der Waals surface area contributed by atoms with Crippen molar-refractivity contribution in [3.05, 3.63) is 34.3 Å². The lowest BCUT2D eigenvalue weighted by atomic mass is 10.3. The summed E-state index contributed by atoms with van der Waals surface area (Å²) < 4.78 is 5.18. The van der Waals surface area contributed by atoms with Crippen molar-refractivity contribution in [2.75, 3.05) is 18.4 Å². The fraction of sp³-hybridized carbons (Fsp3) is 0.400. The Morgan fingerprint density at radius 1 is 1.32 bits per heavy atom. The summed E-state index contributed by atoms with van der Waals surface area (Å²) in [5.74, 6) is -0.473. The summed E-state index contributed by atoms with van der Waals surface area (Å²) in [5.41, 5.74) is 0.211. The number of oxazole rings is 1. The van der Waals surface area contributed by atoms with Crippen LogP contribution in [0.3, 0.4) is 0 Å². The summed E-state index contributed by atoms with van der Waals surface area (Å²) in [6, 6.07) is 3.53. The van der Waals surface area contributed by atoms with Gasteiger partial charge in [0.1, 0.15) is 6.26 Å². The quantitative estimate of drug-likeness (QED) is 0.849. The summed E-state index contributed by atoms with van der Waals surface area (Å²) in [6.45, 7) is 5.39. The first kappa shape index (κ1) is 16.2. The van der Waals surface area contributed by atoms with Gasteiger partial charge in [-0.3, -0.25) is 14.9 Å². The number of thiophene rings is 1. The highest BCUT2D eigenvalue weighted by Gasteiger charge is 2.19. The molecule has 0 spiro atoms. The normalized spacial score (nSPS) is 10.5. The summed E-state index contributed by atoms with van der Waals surface area (Å²) in [4.78, 5) is 30.6. The Morgan fingerprint density at radius 2 is 2.05 bits per heavy atom. The van der Waals surface area contributed by atoms with Crippen LogP contribution in [0.15, 0.2) is 28.2 Å². The van der Waals surface area contributed by atoms with E-state index in [0.717, 1.165) is 12.8 Å². The number of carbonyl (C=O) groups excluding carboxylic acids is 2. The van der Waals surface area contributed by atoms with E-state index in [0.29, 0.717) is 18.0 Å². The summed E-state index contributed by atoms with van der Waals surface area (Å²) >= 11 is 1.32. The molecule has 22 heavy (non-hydrogen) atoms. The average molecular weight is 321 g/mol. The van der Waals surface area contributed by atoms with Crippen molar-refractivity contribution in [1.82, 2.24) is 9.88 Å². The molecule has 0 radical (unpaired) electrons. The van der Waals surface area contributed by atoms with Gasteiger partial charge in [-0.15, -0.1) is 11.3 Å². The third kappa shape index (κ3) is 3.94. The van der Waals surface area contributed by atoms with Crippen molar-refractivity contribution in [2.24, 2.45) is 0 Å². The molecule has 6 nitrogen and oxygen atoms in total. The van der Waals surface area contributed by atoms with Gasteiger partial charge in [0.2, 0.25) is 0 Å². The number of carbonyl (C=O) groups is 2. The van der Waals surface area contributed by atoms with Crippen LogP contribution < -0.4 is 5.32 Å². The number of nitrogens with zero attached hydrogens (tertiary/aromatic N) is 2. The molecule has 118 valence electrons. The molecule has 2 amide bonds. The molecule has 2 aromatic rings. The lowest BCUT2D eigenvalue weighted by Crippen LogP contribution is -2.32. The van der Waals surface area contributed by atoms with E-state index in [1.165, 1.54) is 17.6 Å². The number of nitrogens with one attached hydrogen (secondary N) is 1. The number of hydrogen-bond donors (Lipinski definition) is 1. The topological polar surface area (TPSA) is 75.4 Å². The maximum atomic E-state index is 12.3. The average Bonchev–Trinajstić information content (AvgIpc) is 3.17. The van der Waals surface area contributed by atoms with Crippen LogP contribution in [0, 0.1) is 0 Å². The van der Waals surface area contributed by atoms with Crippen LogP contribution in [0.4, 0.5) is 6.01 Å². The van der Waals surface area contributed by atoms with Crippen molar-refractivity contribution in [3.63, 3.8) is 0 Å². The Kier molecular flexibility index (Phi) is 5.71. The van der Waals surface area contributed by atoms with Gasteiger partial charge in [0.25, 0.3) is 11.8 Å². The van der Waals surface area contributed by atoms with Crippen LogP contribution in [-0.4, -0.2) is 34.8 Å². The Bertz CT molecular complexity index is 616. The van der Waals surface area contributed by atoms with Gasteiger partial charge in [0.05, 0.1) is 4.88 Å². The van der Waals surface area contributed by atoms with E-state index in [-0.39, 0.29) is 23.5 Å². The van der Waals surface area contributed by atoms with Gasteiger partial charge in [0, 0.05) is 13.1 Å². The van der Waals surface area contributed by atoms with Crippen LogP contribution >= 0.6 is 11.3 Å². The standard InChI is InChI=1S/C15H19N3O3S/c1-3-7-18(8-4-2)14(20)11-10-21-15(16-11)17-13(19)12-6-5-9-22-12/h5-6,9-10H,3-4,7-8H2,1-2H3,(H,16,17,19). The molecule has 1 N–H and O–H groups in total. The largest absolute Gasteiger partial charge is 0.431 e. The number of aromatic nitrogens is 1. The molecule has 0 bridgehead atoms. The van der Waals surface area contributed by atoms with E-state index in [9.17, 15) is 9.59 Å². The molecular formula is C15H19N3O3S. The molecule has 0 unspecified atom stereocenters. The minimum absolute atomic E-state index is 0.0368. The summed E-state index contributed by atoms with van der Waals surface area (Å²) in [7, 11) is 0. The van der Waals surface area contributed by atoms with Gasteiger partial charge < -0.3 is 9.32 Å². The monoisotopic (exact) mass is 321 g/mol. The van der Waals surface area contributed by atoms with Gasteiger partial charge in [0.15, 0.2) is 5.69 Å². The number of rotatable bonds is 7. The molecule has 2 heterocycles. The third-order valence-corrected chi connectivity index (χ3v) is 3.83. The van der Waals surface area contributed by atoms with E-state index in [1.807, 2.05) is 19.2 Å². The zero-order chi connectivity index (χ0) is 15.9. The second-order valence-electron chi connectivity index (χ2n) is 4.76. The van der Waals surface area contributed by atoms with Crippen molar-refractivity contribution in [2.45, 2.75) is 26.7 Å².